The molecular weight excluding hydrogens is 242 g/mol. The maximum Gasteiger partial charge on any atom is 0.0109 e. The highest BCUT2D eigenvalue weighted by Crippen LogP contribution is 2.21. The minimum absolute atomic E-state index is 0.577. The molecule has 0 fully saturated rings. The summed E-state index contributed by atoms with van der Waals surface area (Å²) in [5, 5.41) is 0. The predicted octanol–water partition coefficient (Wildman–Crippen LogP) is 4.64. The van der Waals surface area contributed by atoms with E-state index in [4.69, 9.17) is 5.73 Å². The Morgan fingerprint density at radius 3 is 2.70 bits per heavy atom. The lowest BCUT2D eigenvalue weighted by Gasteiger charge is -2.09. The van der Waals surface area contributed by atoms with Gasteiger partial charge in [-0.15, -0.1) is 0 Å². The zero-order valence-corrected chi connectivity index (χ0v) is 12.0. The van der Waals surface area contributed by atoms with Gasteiger partial charge in [-0.1, -0.05) is 72.4 Å². The molecule has 0 saturated carbocycles. The number of rotatable bonds is 5. The second kappa shape index (κ2) is 8.34. The first kappa shape index (κ1) is 14.5. The molecule has 0 heterocycles. The van der Waals surface area contributed by atoms with Crippen molar-refractivity contribution in [2.75, 3.05) is 6.54 Å². The fourth-order valence-electron chi connectivity index (χ4n) is 2.34. The lowest BCUT2D eigenvalue weighted by Crippen LogP contribution is -1.91. The molecule has 0 spiro atoms. The van der Waals surface area contributed by atoms with Crippen LogP contribution < -0.4 is 5.73 Å². The Labute approximate surface area is 122 Å². The number of nitrogens with two attached hydrogens (primary N) is 1. The predicted molar refractivity (Wildman–Crippen MR) is 88.3 cm³/mol. The van der Waals surface area contributed by atoms with Gasteiger partial charge in [0.1, 0.15) is 0 Å². The van der Waals surface area contributed by atoms with Crippen LogP contribution in [0.1, 0.15) is 31.2 Å². The molecule has 1 aliphatic carbocycles. The molecule has 0 radical (unpaired) electrons. The number of hydrogen-bond acceptors (Lipinski definition) is 1. The zero-order valence-electron chi connectivity index (χ0n) is 12.0. The van der Waals surface area contributed by atoms with E-state index in [9.17, 15) is 0 Å². The lowest BCUT2D eigenvalue weighted by molar-refractivity contribution is 0.712. The van der Waals surface area contributed by atoms with Gasteiger partial charge >= 0.3 is 0 Å². The number of allylic oxidation sites excluding steroid dienone is 7. The van der Waals surface area contributed by atoms with Crippen molar-refractivity contribution in [1.82, 2.24) is 0 Å². The first-order valence-electron chi connectivity index (χ1n) is 7.39. The molecule has 0 saturated heterocycles. The van der Waals surface area contributed by atoms with Gasteiger partial charge in [0.15, 0.2) is 0 Å². The van der Waals surface area contributed by atoms with Gasteiger partial charge in [-0.2, -0.15) is 0 Å². The van der Waals surface area contributed by atoms with E-state index < -0.39 is 0 Å². The van der Waals surface area contributed by atoms with Crippen LogP contribution in [0.25, 0.3) is 5.57 Å². The number of hydrogen-bond donors (Lipinski definition) is 1. The van der Waals surface area contributed by atoms with Crippen LogP contribution in [0.5, 0.6) is 0 Å². The fraction of sp³-hybridized carbons (Fsp3) is 0.263. The van der Waals surface area contributed by atoms with Crippen molar-refractivity contribution in [3.63, 3.8) is 0 Å². The normalized spacial score (nSPS) is 16.9. The summed E-state index contributed by atoms with van der Waals surface area (Å²) in [6.07, 6.45) is 18.0. The Bertz CT molecular complexity index is 518. The Hall–Kier alpha value is -1.86. The Morgan fingerprint density at radius 2 is 2.00 bits per heavy atom. The van der Waals surface area contributed by atoms with E-state index in [0.717, 1.165) is 0 Å². The fourth-order valence-corrected chi connectivity index (χ4v) is 2.34. The van der Waals surface area contributed by atoms with Crippen molar-refractivity contribution in [2.24, 2.45) is 5.73 Å². The van der Waals surface area contributed by atoms with Gasteiger partial charge in [0.05, 0.1) is 0 Å². The van der Waals surface area contributed by atoms with Crippen LogP contribution in [0.3, 0.4) is 0 Å². The van der Waals surface area contributed by atoms with Gasteiger partial charge in [0, 0.05) is 6.54 Å². The summed E-state index contributed by atoms with van der Waals surface area (Å²) in [6, 6.07) is 10.5. The molecule has 0 unspecified atom stereocenters. The summed E-state index contributed by atoms with van der Waals surface area (Å²) in [5.74, 6) is 0. The third-order valence-corrected chi connectivity index (χ3v) is 3.46. The molecule has 1 aliphatic rings. The van der Waals surface area contributed by atoms with Gasteiger partial charge < -0.3 is 5.73 Å². The molecule has 2 N–H and O–H groups in total. The standard InChI is InChI=1S/C19H23N/c20-16-8-7-13-19(18-11-5-2-6-12-18)15-14-17-9-3-1-4-10-17/h2,5-9,11-15H,1,3-4,10,16,20H2/b8-7+,15-14+,19-13-. The average molecular weight is 265 g/mol. The summed E-state index contributed by atoms with van der Waals surface area (Å²) in [5.41, 5.74) is 9.42. The average Bonchev–Trinajstić information content (AvgIpc) is 2.52. The van der Waals surface area contributed by atoms with Gasteiger partial charge in [0.2, 0.25) is 0 Å². The molecule has 0 bridgehead atoms. The third-order valence-electron chi connectivity index (χ3n) is 3.46. The molecule has 1 aromatic carbocycles. The van der Waals surface area contributed by atoms with Crippen molar-refractivity contribution in [3.05, 3.63) is 77.9 Å². The molecule has 0 aromatic heterocycles. The minimum atomic E-state index is 0.577. The first-order valence-corrected chi connectivity index (χ1v) is 7.39. The Morgan fingerprint density at radius 1 is 1.15 bits per heavy atom. The van der Waals surface area contributed by atoms with Crippen molar-refractivity contribution in [1.29, 1.82) is 0 Å². The second-order valence-electron chi connectivity index (χ2n) is 5.01. The number of benzene rings is 1. The summed E-state index contributed by atoms with van der Waals surface area (Å²) >= 11 is 0. The molecule has 0 amide bonds. The lowest BCUT2D eigenvalue weighted by atomic mass is 9.97. The second-order valence-corrected chi connectivity index (χ2v) is 5.01. The highest BCUT2D eigenvalue weighted by Gasteiger charge is 2.01. The van der Waals surface area contributed by atoms with Gasteiger partial charge in [-0.25, -0.2) is 0 Å². The molecule has 1 nitrogen and oxygen atoms in total. The van der Waals surface area contributed by atoms with Crippen molar-refractivity contribution in [2.45, 2.75) is 25.7 Å². The monoisotopic (exact) mass is 265 g/mol. The van der Waals surface area contributed by atoms with Crippen LogP contribution in [-0.2, 0) is 0 Å². The van der Waals surface area contributed by atoms with Crippen molar-refractivity contribution in [3.8, 4) is 0 Å². The molecule has 0 atom stereocenters. The molecule has 0 aliphatic heterocycles. The maximum atomic E-state index is 5.50. The van der Waals surface area contributed by atoms with Gasteiger partial charge in [-0.05, 0) is 36.8 Å². The smallest absolute Gasteiger partial charge is 0.0109 e. The Kier molecular flexibility index (Phi) is 6.07. The largest absolute Gasteiger partial charge is 0.327 e. The van der Waals surface area contributed by atoms with Crippen LogP contribution in [0.15, 0.2) is 72.4 Å². The van der Waals surface area contributed by atoms with E-state index in [1.54, 1.807) is 0 Å². The van der Waals surface area contributed by atoms with Crippen LogP contribution in [0, 0.1) is 0 Å². The van der Waals surface area contributed by atoms with E-state index in [1.807, 2.05) is 18.2 Å². The first-order chi connectivity index (χ1) is 9.90. The summed E-state index contributed by atoms with van der Waals surface area (Å²) in [6.45, 7) is 0.577. The molecule has 2 rings (SSSR count). The third kappa shape index (κ3) is 4.67. The molecule has 1 aromatic rings. The van der Waals surface area contributed by atoms with Gasteiger partial charge in [-0.3, -0.25) is 0 Å². The molecule has 20 heavy (non-hydrogen) atoms. The zero-order chi connectivity index (χ0) is 14.0. The van der Waals surface area contributed by atoms with Crippen LogP contribution in [0.4, 0.5) is 0 Å². The van der Waals surface area contributed by atoms with E-state index in [2.05, 4.69) is 48.6 Å². The van der Waals surface area contributed by atoms with E-state index in [1.165, 1.54) is 42.4 Å². The van der Waals surface area contributed by atoms with Crippen molar-refractivity contribution < 1.29 is 0 Å². The summed E-state index contributed by atoms with van der Waals surface area (Å²) in [7, 11) is 0. The quantitative estimate of drug-likeness (QED) is 0.771. The topological polar surface area (TPSA) is 26.0 Å². The SMILES string of the molecule is NC/C=C/C=C(/C=C/C1=CCCCC1)c1ccccc1. The maximum absolute atomic E-state index is 5.50. The van der Waals surface area contributed by atoms with E-state index in [-0.39, 0.29) is 0 Å². The van der Waals surface area contributed by atoms with Crippen LogP contribution in [0.2, 0.25) is 0 Å². The van der Waals surface area contributed by atoms with E-state index in [0.29, 0.717) is 6.54 Å². The van der Waals surface area contributed by atoms with Gasteiger partial charge in [0.25, 0.3) is 0 Å². The minimum Gasteiger partial charge on any atom is -0.327 e. The highest BCUT2D eigenvalue weighted by molar-refractivity contribution is 5.75. The summed E-state index contributed by atoms with van der Waals surface area (Å²) < 4.78 is 0. The van der Waals surface area contributed by atoms with E-state index >= 15 is 0 Å². The highest BCUT2D eigenvalue weighted by atomic mass is 14.5. The molecule has 104 valence electrons. The Balaban J connectivity index is 2.18. The molecule has 1 heteroatoms. The molecular formula is C19H23N. The summed E-state index contributed by atoms with van der Waals surface area (Å²) in [4.78, 5) is 0. The van der Waals surface area contributed by atoms with Crippen LogP contribution >= 0.6 is 0 Å². The van der Waals surface area contributed by atoms with Crippen LogP contribution in [-0.4, -0.2) is 6.54 Å². The van der Waals surface area contributed by atoms with Crippen molar-refractivity contribution >= 4 is 5.57 Å².